The van der Waals surface area contributed by atoms with Crippen LogP contribution in [0, 0.1) is 0 Å². The maximum absolute atomic E-state index is 13.2. The van der Waals surface area contributed by atoms with Gasteiger partial charge in [-0.3, -0.25) is 9.48 Å². The number of aryl methyl sites for hydroxylation is 1. The van der Waals surface area contributed by atoms with Crippen molar-refractivity contribution in [2.75, 3.05) is 42.5 Å². The Bertz CT molecular complexity index is 1090. The van der Waals surface area contributed by atoms with E-state index in [0.717, 1.165) is 42.5 Å². The van der Waals surface area contributed by atoms with Crippen molar-refractivity contribution in [2.45, 2.75) is 32.2 Å². The Morgan fingerprint density at radius 2 is 1.64 bits per heavy atom. The number of carbonyl (C=O) groups excluding carboxylic acids is 1. The van der Waals surface area contributed by atoms with Gasteiger partial charge in [0.05, 0.1) is 5.69 Å². The smallest absolute Gasteiger partial charge is 0.272 e. The molecule has 1 amide bonds. The van der Waals surface area contributed by atoms with Gasteiger partial charge in [-0.25, -0.2) is 0 Å². The summed E-state index contributed by atoms with van der Waals surface area (Å²) in [6, 6.07) is 16.5. The second kappa shape index (κ2) is 9.21. The summed E-state index contributed by atoms with van der Waals surface area (Å²) >= 11 is 0. The van der Waals surface area contributed by atoms with Crippen LogP contribution in [0.25, 0.3) is 11.3 Å². The number of hydrogen-bond donors (Lipinski definition) is 0. The van der Waals surface area contributed by atoms with Gasteiger partial charge >= 0.3 is 0 Å². The highest BCUT2D eigenvalue weighted by Gasteiger charge is 2.26. The molecule has 172 valence electrons. The standard InChI is InChI=1S/C25H31N7O/c1-19-8-6-7-13-32(19)24-12-11-23(26-27-24)30-14-16-31(17-15-30)25(33)22-18-21(28-29(22)2)20-9-4-3-5-10-20/h3-5,9-12,18-19H,6-8,13-17H2,1-2H3. The van der Waals surface area contributed by atoms with E-state index < -0.39 is 0 Å². The minimum Gasteiger partial charge on any atom is -0.352 e. The Labute approximate surface area is 194 Å². The van der Waals surface area contributed by atoms with Crippen molar-refractivity contribution in [3.05, 3.63) is 54.2 Å². The molecule has 2 aliphatic rings. The number of carbonyl (C=O) groups is 1. The Morgan fingerprint density at radius 1 is 0.909 bits per heavy atom. The lowest BCUT2D eigenvalue weighted by molar-refractivity contribution is 0.0735. The van der Waals surface area contributed by atoms with Crippen molar-refractivity contribution in [2.24, 2.45) is 7.05 Å². The number of piperidine rings is 1. The van der Waals surface area contributed by atoms with Crippen molar-refractivity contribution >= 4 is 17.5 Å². The predicted octanol–water partition coefficient (Wildman–Crippen LogP) is 3.22. The van der Waals surface area contributed by atoms with Crippen LogP contribution in [-0.4, -0.2) is 69.6 Å². The van der Waals surface area contributed by atoms with Crippen LogP contribution >= 0.6 is 0 Å². The van der Waals surface area contributed by atoms with Gasteiger partial charge in [-0.1, -0.05) is 30.3 Å². The van der Waals surface area contributed by atoms with Crippen molar-refractivity contribution in [1.29, 1.82) is 0 Å². The van der Waals surface area contributed by atoms with E-state index in [4.69, 9.17) is 0 Å². The fourth-order valence-corrected chi connectivity index (χ4v) is 4.80. The number of nitrogens with zero attached hydrogens (tertiary/aromatic N) is 7. The van der Waals surface area contributed by atoms with E-state index in [0.29, 0.717) is 24.8 Å². The molecular weight excluding hydrogens is 414 g/mol. The Balaban J connectivity index is 1.21. The zero-order valence-corrected chi connectivity index (χ0v) is 19.4. The Morgan fingerprint density at radius 3 is 2.33 bits per heavy atom. The molecule has 1 aromatic carbocycles. The lowest BCUT2D eigenvalue weighted by Gasteiger charge is -2.36. The molecule has 0 radical (unpaired) electrons. The van der Waals surface area contributed by atoms with Crippen LogP contribution in [0.1, 0.15) is 36.7 Å². The molecule has 4 heterocycles. The van der Waals surface area contributed by atoms with Crippen molar-refractivity contribution in [1.82, 2.24) is 24.9 Å². The van der Waals surface area contributed by atoms with Crippen molar-refractivity contribution in [3.8, 4) is 11.3 Å². The SMILES string of the molecule is CC1CCCCN1c1ccc(N2CCN(C(=O)c3cc(-c4ccccc4)nn3C)CC2)nn1. The summed E-state index contributed by atoms with van der Waals surface area (Å²) in [6.07, 6.45) is 3.72. The fraction of sp³-hybridized carbons (Fsp3) is 0.440. The average molecular weight is 446 g/mol. The van der Waals surface area contributed by atoms with Crippen molar-refractivity contribution < 1.29 is 4.79 Å². The molecule has 2 aliphatic heterocycles. The topological polar surface area (TPSA) is 70.4 Å². The average Bonchev–Trinajstić information content (AvgIpc) is 3.26. The summed E-state index contributed by atoms with van der Waals surface area (Å²) in [4.78, 5) is 19.6. The van der Waals surface area contributed by atoms with E-state index >= 15 is 0 Å². The number of hydrogen-bond acceptors (Lipinski definition) is 6. The molecule has 1 atom stereocenters. The van der Waals surface area contributed by atoms with Crippen LogP contribution in [-0.2, 0) is 7.05 Å². The van der Waals surface area contributed by atoms with Crippen molar-refractivity contribution in [3.63, 3.8) is 0 Å². The van der Waals surface area contributed by atoms with Gasteiger partial charge in [-0.05, 0) is 44.4 Å². The minimum atomic E-state index is 0.0207. The highest BCUT2D eigenvalue weighted by atomic mass is 16.2. The second-order valence-corrected chi connectivity index (χ2v) is 8.97. The zero-order chi connectivity index (χ0) is 22.8. The lowest BCUT2D eigenvalue weighted by Crippen LogP contribution is -2.49. The lowest BCUT2D eigenvalue weighted by atomic mass is 10.0. The van der Waals surface area contributed by atoms with Gasteiger partial charge < -0.3 is 14.7 Å². The number of aromatic nitrogens is 4. The summed E-state index contributed by atoms with van der Waals surface area (Å²) in [5.41, 5.74) is 2.44. The first kappa shape index (κ1) is 21.4. The number of piperazine rings is 1. The van der Waals surface area contributed by atoms with E-state index in [1.807, 2.05) is 48.3 Å². The van der Waals surface area contributed by atoms with E-state index in [1.165, 1.54) is 19.3 Å². The van der Waals surface area contributed by atoms with Gasteiger partial charge in [0.15, 0.2) is 11.6 Å². The van der Waals surface area contributed by atoms with E-state index in [-0.39, 0.29) is 5.91 Å². The van der Waals surface area contributed by atoms with Gasteiger partial charge in [-0.15, -0.1) is 10.2 Å². The van der Waals surface area contributed by atoms with Gasteiger partial charge in [0.2, 0.25) is 0 Å². The summed E-state index contributed by atoms with van der Waals surface area (Å²) in [7, 11) is 1.83. The first-order valence-electron chi connectivity index (χ1n) is 11.8. The van der Waals surface area contributed by atoms with Crippen LogP contribution < -0.4 is 9.80 Å². The molecular formula is C25H31N7O. The maximum Gasteiger partial charge on any atom is 0.272 e. The van der Waals surface area contributed by atoms with Gasteiger partial charge in [0.25, 0.3) is 5.91 Å². The number of amides is 1. The number of benzene rings is 1. The van der Waals surface area contributed by atoms with Gasteiger partial charge in [-0.2, -0.15) is 5.10 Å². The summed E-state index contributed by atoms with van der Waals surface area (Å²) in [6.45, 7) is 6.09. The first-order valence-corrected chi connectivity index (χ1v) is 11.8. The molecule has 2 saturated heterocycles. The van der Waals surface area contributed by atoms with Crippen LogP contribution in [0.3, 0.4) is 0 Å². The van der Waals surface area contributed by atoms with E-state index in [9.17, 15) is 4.79 Å². The first-order chi connectivity index (χ1) is 16.1. The predicted molar refractivity (Wildman–Crippen MR) is 129 cm³/mol. The third-order valence-corrected chi connectivity index (χ3v) is 6.79. The summed E-state index contributed by atoms with van der Waals surface area (Å²) < 4.78 is 1.68. The Hall–Kier alpha value is -3.42. The molecule has 0 N–H and O–H groups in total. The van der Waals surface area contributed by atoms with Gasteiger partial charge in [0.1, 0.15) is 5.69 Å². The largest absolute Gasteiger partial charge is 0.352 e. The molecule has 33 heavy (non-hydrogen) atoms. The fourth-order valence-electron chi connectivity index (χ4n) is 4.80. The molecule has 3 aromatic rings. The maximum atomic E-state index is 13.2. The quantitative estimate of drug-likeness (QED) is 0.614. The zero-order valence-electron chi connectivity index (χ0n) is 19.4. The summed E-state index contributed by atoms with van der Waals surface area (Å²) in [5.74, 6) is 1.86. The molecule has 8 heteroatoms. The highest BCUT2D eigenvalue weighted by molar-refractivity contribution is 5.94. The number of anilines is 2. The molecule has 0 saturated carbocycles. The molecule has 0 aliphatic carbocycles. The van der Waals surface area contributed by atoms with Gasteiger partial charge in [0, 0.05) is 51.4 Å². The van der Waals surface area contributed by atoms with E-state index in [2.05, 4.69) is 44.2 Å². The molecule has 8 nitrogen and oxygen atoms in total. The van der Waals surface area contributed by atoms with Crippen LogP contribution in [0.2, 0.25) is 0 Å². The van der Waals surface area contributed by atoms with Crippen LogP contribution in [0.5, 0.6) is 0 Å². The monoisotopic (exact) mass is 445 g/mol. The molecule has 0 bridgehead atoms. The molecule has 5 rings (SSSR count). The molecule has 1 unspecified atom stereocenters. The third-order valence-electron chi connectivity index (χ3n) is 6.79. The molecule has 2 fully saturated rings. The minimum absolute atomic E-state index is 0.0207. The second-order valence-electron chi connectivity index (χ2n) is 8.97. The Kier molecular flexibility index (Phi) is 5.98. The molecule has 2 aromatic heterocycles. The molecule has 0 spiro atoms. The normalized spacial score (nSPS) is 19.1. The third kappa shape index (κ3) is 4.42. The van der Waals surface area contributed by atoms with E-state index in [1.54, 1.807) is 4.68 Å². The number of rotatable bonds is 4. The van der Waals surface area contributed by atoms with Crippen LogP contribution in [0.4, 0.5) is 11.6 Å². The summed E-state index contributed by atoms with van der Waals surface area (Å²) in [5, 5.41) is 13.6. The highest BCUT2D eigenvalue weighted by Crippen LogP contribution is 2.24. The van der Waals surface area contributed by atoms with Crippen LogP contribution in [0.15, 0.2) is 48.5 Å².